The van der Waals surface area contributed by atoms with Crippen LogP contribution in [0.1, 0.15) is 34.3 Å². The van der Waals surface area contributed by atoms with Gasteiger partial charge in [-0.15, -0.1) is 12.4 Å². The number of carbonyl (C=O) groups is 1. The lowest BCUT2D eigenvalue weighted by Gasteiger charge is -2.38. The van der Waals surface area contributed by atoms with E-state index in [-0.39, 0.29) is 23.7 Å². The third-order valence-electron chi connectivity index (χ3n) is 4.99. The molecule has 4 nitrogen and oxygen atoms in total. The Labute approximate surface area is 165 Å². The van der Waals surface area contributed by atoms with Crippen molar-refractivity contribution in [2.75, 3.05) is 25.5 Å². The predicted molar refractivity (Wildman–Crippen MR) is 108 cm³/mol. The normalized spacial score (nSPS) is 15.8. The second-order valence-corrected chi connectivity index (χ2v) is 7.04. The van der Waals surface area contributed by atoms with E-state index in [4.69, 9.17) is 22.1 Å². The van der Waals surface area contributed by atoms with Gasteiger partial charge in [0.05, 0.1) is 0 Å². The van der Waals surface area contributed by atoms with Gasteiger partial charge in [0.15, 0.2) is 0 Å². The van der Waals surface area contributed by atoms with E-state index in [1.54, 1.807) is 12.1 Å². The van der Waals surface area contributed by atoms with E-state index < -0.39 is 0 Å². The van der Waals surface area contributed by atoms with Crippen molar-refractivity contribution in [3.05, 3.63) is 64.2 Å². The Morgan fingerprint density at radius 2 is 1.92 bits per heavy atom. The molecule has 2 aromatic rings. The number of nitrogens with one attached hydrogen (secondary N) is 1. The summed E-state index contributed by atoms with van der Waals surface area (Å²) in [4.78, 5) is 12.7. The Bertz CT molecular complexity index is 774. The number of ether oxygens (including phenoxy) is 1. The molecule has 0 radical (unpaired) electrons. The second kappa shape index (κ2) is 8.76. The summed E-state index contributed by atoms with van der Waals surface area (Å²) in [5.41, 5.74) is 8.80. The molecule has 26 heavy (non-hydrogen) atoms. The van der Waals surface area contributed by atoms with Gasteiger partial charge >= 0.3 is 0 Å². The maximum Gasteiger partial charge on any atom is 0.251 e. The summed E-state index contributed by atoms with van der Waals surface area (Å²) >= 11 is 6.46. The first-order valence-electron chi connectivity index (χ1n) is 8.49. The van der Waals surface area contributed by atoms with Crippen LogP contribution < -0.4 is 11.1 Å². The number of nitrogen functional groups attached to an aromatic ring is 1. The Balaban J connectivity index is 0.00000243. The molecule has 0 spiro atoms. The fourth-order valence-electron chi connectivity index (χ4n) is 3.42. The fourth-order valence-corrected chi connectivity index (χ4v) is 3.76. The van der Waals surface area contributed by atoms with Gasteiger partial charge in [-0.25, -0.2) is 0 Å². The Hall–Kier alpha value is -1.75. The topological polar surface area (TPSA) is 64.4 Å². The van der Waals surface area contributed by atoms with Gasteiger partial charge in [-0.3, -0.25) is 4.79 Å². The minimum Gasteiger partial charge on any atom is -0.399 e. The number of hydrogen-bond acceptors (Lipinski definition) is 3. The van der Waals surface area contributed by atoms with Gasteiger partial charge in [0.1, 0.15) is 0 Å². The number of halogens is 2. The Morgan fingerprint density at radius 1 is 1.23 bits per heavy atom. The van der Waals surface area contributed by atoms with Crippen molar-refractivity contribution in [1.29, 1.82) is 0 Å². The van der Waals surface area contributed by atoms with Crippen LogP contribution in [0, 0.1) is 6.92 Å². The monoisotopic (exact) mass is 394 g/mol. The number of benzene rings is 2. The van der Waals surface area contributed by atoms with Gasteiger partial charge in [-0.1, -0.05) is 35.9 Å². The molecule has 1 aliphatic rings. The predicted octanol–water partition coefficient (Wildman–Crippen LogP) is 4.13. The van der Waals surface area contributed by atoms with Crippen molar-refractivity contribution >= 4 is 35.6 Å². The first-order chi connectivity index (χ1) is 12.0. The van der Waals surface area contributed by atoms with E-state index in [1.807, 2.05) is 37.3 Å². The number of nitrogens with two attached hydrogens (primary N) is 1. The summed E-state index contributed by atoms with van der Waals surface area (Å²) < 4.78 is 5.54. The van der Waals surface area contributed by atoms with Crippen molar-refractivity contribution in [2.24, 2.45) is 0 Å². The first-order valence-corrected chi connectivity index (χ1v) is 8.87. The van der Waals surface area contributed by atoms with Gasteiger partial charge in [-0.05, 0) is 49.1 Å². The lowest BCUT2D eigenvalue weighted by atomic mass is 9.74. The number of aryl methyl sites for hydroxylation is 1. The van der Waals surface area contributed by atoms with Crippen molar-refractivity contribution in [1.82, 2.24) is 5.32 Å². The minimum atomic E-state index is -0.208. The van der Waals surface area contributed by atoms with E-state index in [0.29, 0.717) is 31.0 Å². The summed E-state index contributed by atoms with van der Waals surface area (Å²) in [6.07, 6.45) is 1.65. The Morgan fingerprint density at radius 3 is 2.62 bits per heavy atom. The molecular weight excluding hydrogens is 371 g/mol. The molecule has 1 saturated heterocycles. The molecule has 0 atom stereocenters. The van der Waals surface area contributed by atoms with E-state index in [9.17, 15) is 4.79 Å². The van der Waals surface area contributed by atoms with Gasteiger partial charge in [0, 0.05) is 41.4 Å². The number of hydrogen-bond donors (Lipinski definition) is 2. The highest BCUT2D eigenvalue weighted by molar-refractivity contribution is 6.31. The van der Waals surface area contributed by atoms with E-state index in [2.05, 4.69) is 5.32 Å². The van der Waals surface area contributed by atoms with Crippen molar-refractivity contribution in [2.45, 2.75) is 25.2 Å². The molecular formula is C20H24Cl2N2O2. The van der Waals surface area contributed by atoms with Crippen molar-refractivity contribution in [3.8, 4) is 0 Å². The molecule has 0 unspecified atom stereocenters. The van der Waals surface area contributed by atoms with Crippen molar-refractivity contribution < 1.29 is 9.53 Å². The molecule has 2 aromatic carbocycles. The fraction of sp³-hybridized carbons (Fsp3) is 0.350. The molecule has 140 valence electrons. The van der Waals surface area contributed by atoms with Crippen LogP contribution in [0.4, 0.5) is 5.69 Å². The van der Waals surface area contributed by atoms with Gasteiger partial charge in [0.2, 0.25) is 0 Å². The summed E-state index contributed by atoms with van der Waals surface area (Å²) in [7, 11) is 0. The molecule has 3 N–H and O–H groups in total. The quantitative estimate of drug-likeness (QED) is 0.766. The lowest BCUT2D eigenvalue weighted by molar-refractivity contribution is 0.0487. The number of anilines is 1. The van der Waals surface area contributed by atoms with Crippen LogP contribution in [0.15, 0.2) is 42.5 Å². The zero-order valence-electron chi connectivity index (χ0n) is 14.8. The molecule has 0 aromatic heterocycles. The smallest absolute Gasteiger partial charge is 0.251 e. The molecule has 0 aliphatic carbocycles. The van der Waals surface area contributed by atoms with Gasteiger partial charge in [0.25, 0.3) is 5.91 Å². The van der Waals surface area contributed by atoms with Crippen LogP contribution in [0.25, 0.3) is 0 Å². The van der Waals surface area contributed by atoms with Crippen LogP contribution in [0.3, 0.4) is 0 Å². The molecule has 6 heteroatoms. The maximum absolute atomic E-state index is 12.7. The maximum atomic E-state index is 12.7. The van der Waals surface area contributed by atoms with Gasteiger partial charge in [-0.2, -0.15) is 0 Å². The molecule has 1 amide bonds. The third kappa shape index (κ3) is 4.32. The number of carbonyl (C=O) groups excluding carboxylic acids is 1. The molecule has 0 bridgehead atoms. The third-order valence-corrected chi connectivity index (χ3v) is 5.32. The van der Waals surface area contributed by atoms with E-state index in [1.165, 1.54) is 0 Å². The van der Waals surface area contributed by atoms with E-state index >= 15 is 0 Å². The van der Waals surface area contributed by atoms with E-state index in [0.717, 1.165) is 29.0 Å². The highest BCUT2D eigenvalue weighted by atomic mass is 35.5. The second-order valence-electron chi connectivity index (χ2n) is 6.63. The Kier molecular flexibility index (Phi) is 6.93. The number of amides is 1. The lowest BCUT2D eigenvalue weighted by Crippen LogP contribution is -2.45. The SMILES string of the molecule is Cc1ccc(N)cc1C(=O)NCC1(c2ccccc2Cl)CCOCC1.Cl. The zero-order chi connectivity index (χ0) is 17.9. The first kappa shape index (κ1) is 20.6. The standard InChI is InChI=1S/C20H23ClN2O2.ClH/c1-14-6-7-15(22)12-16(14)19(24)23-13-20(8-10-25-11-9-20)17-4-2-3-5-18(17)21;/h2-7,12H,8-11,13,22H2,1H3,(H,23,24);1H. The minimum absolute atomic E-state index is 0. The molecule has 0 saturated carbocycles. The summed E-state index contributed by atoms with van der Waals surface area (Å²) in [6.45, 7) is 3.76. The van der Waals surface area contributed by atoms with Gasteiger partial charge < -0.3 is 15.8 Å². The average molecular weight is 395 g/mol. The summed E-state index contributed by atoms with van der Waals surface area (Å²) in [5, 5.41) is 3.83. The summed E-state index contributed by atoms with van der Waals surface area (Å²) in [6, 6.07) is 13.2. The van der Waals surface area contributed by atoms with Crippen LogP contribution in [0.5, 0.6) is 0 Å². The molecule has 1 fully saturated rings. The number of rotatable bonds is 4. The van der Waals surface area contributed by atoms with Crippen LogP contribution >= 0.6 is 24.0 Å². The summed E-state index contributed by atoms with van der Waals surface area (Å²) in [5.74, 6) is -0.109. The average Bonchev–Trinajstić information content (AvgIpc) is 2.63. The van der Waals surface area contributed by atoms with Crippen LogP contribution in [-0.2, 0) is 10.2 Å². The zero-order valence-corrected chi connectivity index (χ0v) is 16.3. The molecule has 1 heterocycles. The largest absolute Gasteiger partial charge is 0.399 e. The van der Waals surface area contributed by atoms with Crippen molar-refractivity contribution in [3.63, 3.8) is 0 Å². The highest BCUT2D eigenvalue weighted by Crippen LogP contribution is 2.38. The van der Waals surface area contributed by atoms with Crippen LogP contribution in [-0.4, -0.2) is 25.7 Å². The van der Waals surface area contributed by atoms with Crippen LogP contribution in [0.2, 0.25) is 5.02 Å². The highest BCUT2D eigenvalue weighted by Gasteiger charge is 2.36. The molecule has 1 aliphatic heterocycles. The molecule has 3 rings (SSSR count).